The van der Waals surface area contributed by atoms with Gasteiger partial charge in [0.05, 0.1) is 0 Å². The molecule has 0 radical (unpaired) electrons. The Kier molecular flexibility index (Phi) is 3.65. The molecule has 15 heavy (non-hydrogen) atoms. The van der Waals surface area contributed by atoms with E-state index in [0.717, 1.165) is 18.2 Å². The van der Waals surface area contributed by atoms with E-state index in [0.29, 0.717) is 6.04 Å². The van der Waals surface area contributed by atoms with Crippen LogP contribution >= 0.6 is 11.3 Å². The molecule has 1 heterocycles. The zero-order chi connectivity index (χ0) is 10.7. The molecule has 1 saturated carbocycles. The molecular formula is C12H20N2S. The van der Waals surface area contributed by atoms with Crippen LogP contribution in [0.5, 0.6) is 0 Å². The van der Waals surface area contributed by atoms with E-state index in [4.69, 9.17) is 5.73 Å². The topological polar surface area (TPSA) is 38.0 Å². The van der Waals surface area contributed by atoms with Gasteiger partial charge in [0, 0.05) is 23.2 Å². The Balaban J connectivity index is 1.80. The first kappa shape index (κ1) is 11.0. The Labute approximate surface area is 95.9 Å². The van der Waals surface area contributed by atoms with Gasteiger partial charge in [0.25, 0.3) is 0 Å². The lowest BCUT2D eigenvalue weighted by molar-refractivity contribution is 0.382. The van der Waals surface area contributed by atoms with Crippen molar-refractivity contribution in [2.75, 3.05) is 5.73 Å². The summed E-state index contributed by atoms with van der Waals surface area (Å²) in [6, 6.07) is 2.62. The second-order valence-corrected chi connectivity index (χ2v) is 5.51. The highest BCUT2D eigenvalue weighted by Gasteiger charge is 2.21. The minimum atomic E-state index is 0.633. The van der Waals surface area contributed by atoms with E-state index in [1.54, 1.807) is 11.3 Å². The van der Waals surface area contributed by atoms with E-state index in [9.17, 15) is 0 Å². The molecule has 2 rings (SSSR count). The summed E-state index contributed by atoms with van der Waals surface area (Å²) in [7, 11) is 0. The maximum Gasteiger partial charge on any atom is 0.0468 e. The Bertz CT molecular complexity index is 302. The molecule has 1 unspecified atom stereocenters. The molecular weight excluding hydrogens is 204 g/mol. The molecule has 0 saturated heterocycles. The number of rotatable bonds is 4. The molecule has 1 atom stereocenters. The van der Waals surface area contributed by atoms with Gasteiger partial charge in [0.15, 0.2) is 0 Å². The van der Waals surface area contributed by atoms with Crippen LogP contribution < -0.4 is 11.1 Å². The van der Waals surface area contributed by atoms with Gasteiger partial charge in [-0.3, -0.25) is 0 Å². The number of hydrogen-bond acceptors (Lipinski definition) is 3. The average Bonchev–Trinajstić information content (AvgIpc) is 2.85. The fraction of sp³-hybridized carbons (Fsp3) is 0.667. The second kappa shape index (κ2) is 4.99. The van der Waals surface area contributed by atoms with Crippen molar-refractivity contribution in [1.82, 2.24) is 5.32 Å². The van der Waals surface area contributed by atoms with E-state index in [-0.39, 0.29) is 0 Å². The monoisotopic (exact) mass is 224 g/mol. The summed E-state index contributed by atoms with van der Waals surface area (Å²) in [5, 5.41) is 5.66. The summed E-state index contributed by atoms with van der Waals surface area (Å²) in [4.78, 5) is 1.28. The Morgan fingerprint density at radius 2 is 2.27 bits per heavy atom. The number of hydrogen-bond donors (Lipinski definition) is 2. The molecule has 1 aromatic rings. The Morgan fingerprint density at radius 3 is 2.87 bits per heavy atom. The van der Waals surface area contributed by atoms with Gasteiger partial charge in [-0.1, -0.05) is 12.8 Å². The number of nitrogen functional groups attached to an aromatic ring is 1. The van der Waals surface area contributed by atoms with E-state index in [1.165, 1.54) is 30.6 Å². The van der Waals surface area contributed by atoms with Crippen LogP contribution in [0.1, 0.15) is 37.5 Å². The standard InChI is InChI=1S/C12H20N2S/c1-9(10-4-2-3-5-10)14-8-12-11(13)6-7-15-12/h6-7,9-10,14H,2-5,8,13H2,1H3. The van der Waals surface area contributed by atoms with Crippen LogP contribution in [-0.4, -0.2) is 6.04 Å². The van der Waals surface area contributed by atoms with Gasteiger partial charge < -0.3 is 11.1 Å². The van der Waals surface area contributed by atoms with Crippen molar-refractivity contribution in [2.24, 2.45) is 5.92 Å². The lowest BCUT2D eigenvalue weighted by atomic mass is 10.00. The molecule has 0 aliphatic heterocycles. The van der Waals surface area contributed by atoms with Gasteiger partial charge in [-0.25, -0.2) is 0 Å². The molecule has 0 aromatic carbocycles. The number of nitrogens with two attached hydrogens (primary N) is 1. The van der Waals surface area contributed by atoms with Crippen LogP contribution in [0.3, 0.4) is 0 Å². The quantitative estimate of drug-likeness (QED) is 0.825. The molecule has 1 aromatic heterocycles. The predicted octanol–water partition coefficient (Wildman–Crippen LogP) is 3.00. The molecule has 0 spiro atoms. The van der Waals surface area contributed by atoms with Gasteiger partial charge in [0.1, 0.15) is 0 Å². The summed E-state index contributed by atoms with van der Waals surface area (Å²) in [6.07, 6.45) is 5.62. The lowest BCUT2D eigenvalue weighted by Gasteiger charge is -2.20. The fourth-order valence-corrected chi connectivity index (χ4v) is 3.12. The van der Waals surface area contributed by atoms with Crippen LogP contribution in [0.4, 0.5) is 5.69 Å². The SMILES string of the molecule is CC(NCc1sccc1N)C1CCCC1. The van der Waals surface area contributed by atoms with Crippen molar-refractivity contribution in [3.63, 3.8) is 0 Å². The van der Waals surface area contributed by atoms with Crippen LogP contribution in [-0.2, 0) is 6.54 Å². The van der Waals surface area contributed by atoms with E-state index >= 15 is 0 Å². The minimum Gasteiger partial charge on any atom is -0.398 e. The van der Waals surface area contributed by atoms with Crippen molar-refractivity contribution < 1.29 is 0 Å². The third-order valence-electron chi connectivity index (χ3n) is 3.47. The third-order valence-corrected chi connectivity index (χ3v) is 4.41. The van der Waals surface area contributed by atoms with E-state index in [2.05, 4.69) is 17.6 Å². The summed E-state index contributed by atoms with van der Waals surface area (Å²) in [5.41, 5.74) is 6.79. The molecule has 1 aliphatic rings. The Morgan fingerprint density at radius 1 is 1.53 bits per heavy atom. The molecule has 0 amide bonds. The van der Waals surface area contributed by atoms with Crippen molar-refractivity contribution >= 4 is 17.0 Å². The fourth-order valence-electron chi connectivity index (χ4n) is 2.37. The molecule has 2 nitrogen and oxygen atoms in total. The van der Waals surface area contributed by atoms with Crippen molar-refractivity contribution in [3.05, 3.63) is 16.3 Å². The van der Waals surface area contributed by atoms with Crippen molar-refractivity contribution in [3.8, 4) is 0 Å². The number of anilines is 1. The number of nitrogens with one attached hydrogen (secondary N) is 1. The average molecular weight is 224 g/mol. The highest BCUT2D eigenvalue weighted by atomic mass is 32.1. The van der Waals surface area contributed by atoms with Crippen molar-refractivity contribution in [2.45, 2.75) is 45.2 Å². The first-order chi connectivity index (χ1) is 7.27. The maximum absolute atomic E-state index is 5.85. The molecule has 0 bridgehead atoms. The largest absolute Gasteiger partial charge is 0.398 e. The van der Waals surface area contributed by atoms with E-state index < -0.39 is 0 Å². The smallest absolute Gasteiger partial charge is 0.0468 e. The maximum atomic E-state index is 5.85. The lowest BCUT2D eigenvalue weighted by Crippen LogP contribution is -2.31. The van der Waals surface area contributed by atoms with E-state index in [1.807, 2.05) is 6.07 Å². The molecule has 3 N–H and O–H groups in total. The van der Waals surface area contributed by atoms with Gasteiger partial charge in [-0.05, 0) is 37.1 Å². The second-order valence-electron chi connectivity index (χ2n) is 4.51. The van der Waals surface area contributed by atoms with Gasteiger partial charge >= 0.3 is 0 Å². The van der Waals surface area contributed by atoms with Gasteiger partial charge in [0.2, 0.25) is 0 Å². The highest BCUT2D eigenvalue weighted by molar-refractivity contribution is 7.10. The summed E-state index contributed by atoms with van der Waals surface area (Å²) in [6.45, 7) is 3.24. The zero-order valence-corrected chi connectivity index (χ0v) is 10.1. The van der Waals surface area contributed by atoms with Crippen LogP contribution in [0, 0.1) is 5.92 Å². The molecule has 1 aliphatic carbocycles. The molecule has 3 heteroatoms. The third kappa shape index (κ3) is 2.73. The predicted molar refractivity (Wildman–Crippen MR) is 67.0 cm³/mol. The highest BCUT2D eigenvalue weighted by Crippen LogP contribution is 2.28. The normalized spacial score (nSPS) is 19.5. The first-order valence-electron chi connectivity index (χ1n) is 5.82. The van der Waals surface area contributed by atoms with Gasteiger partial charge in [-0.15, -0.1) is 11.3 Å². The number of thiophene rings is 1. The summed E-state index contributed by atoms with van der Waals surface area (Å²) in [5.74, 6) is 0.881. The van der Waals surface area contributed by atoms with Crippen molar-refractivity contribution in [1.29, 1.82) is 0 Å². The first-order valence-corrected chi connectivity index (χ1v) is 6.70. The van der Waals surface area contributed by atoms with Crippen LogP contribution in [0.15, 0.2) is 11.4 Å². The molecule has 1 fully saturated rings. The summed E-state index contributed by atoms with van der Waals surface area (Å²) >= 11 is 1.75. The van der Waals surface area contributed by atoms with Crippen LogP contribution in [0.25, 0.3) is 0 Å². The molecule has 84 valence electrons. The Hall–Kier alpha value is -0.540. The van der Waals surface area contributed by atoms with Crippen LogP contribution in [0.2, 0.25) is 0 Å². The summed E-state index contributed by atoms with van der Waals surface area (Å²) < 4.78 is 0. The van der Waals surface area contributed by atoms with Gasteiger partial charge in [-0.2, -0.15) is 0 Å². The minimum absolute atomic E-state index is 0.633. The zero-order valence-electron chi connectivity index (χ0n) is 9.33.